The number of anilines is 2. The standard InChI is InChI=1S/C13H17N3O4/c1-6(2)11(12(17)19-3)15-8-5-9-10(4-7(8)14)20-13(18)16-9/h4-6,11,15H,14H2,1-3H3,(H,16,18). The Labute approximate surface area is 115 Å². The fourth-order valence-electron chi connectivity index (χ4n) is 1.93. The van der Waals surface area contributed by atoms with Gasteiger partial charge in [-0.05, 0) is 12.0 Å². The van der Waals surface area contributed by atoms with E-state index < -0.39 is 11.8 Å². The Balaban J connectivity index is 2.38. The van der Waals surface area contributed by atoms with Crippen LogP contribution in [-0.4, -0.2) is 24.1 Å². The van der Waals surface area contributed by atoms with Crippen molar-refractivity contribution in [2.24, 2.45) is 5.92 Å². The topological polar surface area (TPSA) is 110 Å². The fourth-order valence-corrected chi connectivity index (χ4v) is 1.93. The molecule has 0 aliphatic heterocycles. The predicted molar refractivity (Wildman–Crippen MR) is 75.5 cm³/mol. The number of nitrogen functional groups attached to an aromatic ring is 1. The highest BCUT2D eigenvalue weighted by Crippen LogP contribution is 2.26. The molecule has 20 heavy (non-hydrogen) atoms. The molecule has 1 aromatic heterocycles. The number of fused-ring (bicyclic) bond motifs is 1. The van der Waals surface area contributed by atoms with Crippen molar-refractivity contribution in [2.45, 2.75) is 19.9 Å². The summed E-state index contributed by atoms with van der Waals surface area (Å²) in [6.07, 6.45) is 0. The molecule has 1 atom stereocenters. The molecule has 0 spiro atoms. The van der Waals surface area contributed by atoms with Crippen molar-refractivity contribution in [3.05, 3.63) is 22.7 Å². The van der Waals surface area contributed by atoms with Crippen LogP contribution in [0.5, 0.6) is 0 Å². The van der Waals surface area contributed by atoms with Crippen LogP contribution in [0.1, 0.15) is 13.8 Å². The molecule has 0 radical (unpaired) electrons. The Hall–Kier alpha value is -2.44. The highest BCUT2D eigenvalue weighted by molar-refractivity contribution is 5.88. The van der Waals surface area contributed by atoms with Crippen LogP contribution in [0.4, 0.5) is 11.4 Å². The summed E-state index contributed by atoms with van der Waals surface area (Å²) >= 11 is 0. The first-order valence-corrected chi connectivity index (χ1v) is 6.19. The van der Waals surface area contributed by atoms with Gasteiger partial charge >= 0.3 is 11.7 Å². The average molecular weight is 279 g/mol. The van der Waals surface area contributed by atoms with E-state index in [4.69, 9.17) is 14.9 Å². The first-order chi connectivity index (χ1) is 9.42. The van der Waals surface area contributed by atoms with Gasteiger partial charge in [0.1, 0.15) is 6.04 Å². The lowest BCUT2D eigenvalue weighted by Crippen LogP contribution is -2.35. The van der Waals surface area contributed by atoms with Gasteiger partial charge in [0.25, 0.3) is 0 Å². The Kier molecular flexibility index (Phi) is 3.69. The van der Waals surface area contributed by atoms with Crippen LogP contribution >= 0.6 is 0 Å². The summed E-state index contributed by atoms with van der Waals surface area (Å²) in [4.78, 5) is 25.4. The summed E-state index contributed by atoms with van der Waals surface area (Å²) < 4.78 is 9.67. The molecular formula is C13H17N3O4. The predicted octanol–water partition coefficient (Wildman–Crippen LogP) is 1.31. The van der Waals surface area contributed by atoms with Gasteiger partial charge < -0.3 is 20.2 Å². The third-order valence-corrected chi connectivity index (χ3v) is 3.02. The summed E-state index contributed by atoms with van der Waals surface area (Å²) in [5.41, 5.74) is 7.71. The van der Waals surface area contributed by atoms with Gasteiger partial charge in [-0.2, -0.15) is 0 Å². The van der Waals surface area contributed by atoms with Crippen LogP contribution in [0.3, 0.4) is 0 Å². The second-order valence-corrected chi connectivity index (χ2v) is 4.84. The Morgan fingerprint density at radius 3 is 2.75 bits per heavy atom. The number of aromatic nitrogens is 1. The summed E-state index contributed by atoms with van der Waals surface area (Å²) in [6, 6.07) is 2.64. The molecule has 7 heteroatoms. The van der Waals surface area contributed by atoms with Crippen molar-refractivity contribution < 1.29 is 13.9 Å². The second-order valence-electron chi connectivity index (χ2n) is 4.84. The number of methoxy groups -OCH3 is 1. The first kappa shape index (κ1) is 14.0. The summed E-state index contributed by atoms with van der Waals surface area (Å²) in [6.45, 7) is 3.78. The number of ether oxygens (including phenoxy) is 1. The maximum atomic E-state index is 11.7. The van der Waals surface area contributed by atoms with Crippen LogP contribution in [0.15, 0.2) is 21.3 Å². The summed E-state index contributed by atoms with van der Waals surface area (Å²) in [7, 11) is 1.33. The zero-order chi connectivity index (χ0) is 14.9. The molecule has 7 nitrogen and oxygen atoms in total. The van der Waals surface area contributed by atoms with Gasteiger partial charge in [0.05, 0.1) is 24.0 Å². The minimum Gasteiger partial charge on any atom is -0.467 e. The molecule has 0 bridgehead atoms. The maximum Gasteiger partial charge on any atom is 0.417 e. The quantitative estimate of drug-likeness (QED) is 0.575. The van der Waals surface area contributed by atoms with Crippen molar-refractivity contribution in [1.29, 1.82) is 0 Å². The van der Waals surface area contributed by atoms with Crippen LogP contribution in [0, 0.1) is 5.92 Å². The smallest absolute Gasteiger partial charge is 0.417 e. The van der Waals surface area contributed by atoms with Crippen LogP contribution in [0.2, 0.25) is 0 Å². The molecule has 0 amide bonds. The number of rotatable bonds is 4. The second kappa shape index (κ2) is 5.28. The van der Waals surface area contributed by atoms with Gasteiger partial charge in [-0.15, -0.1) is 0 Å². The summed E-state index contributed by atoms with van der Waals surface area (Å²) in [5.74, 6) is -0.911. The molecule has 0 aliphatic rings. The Morgan fingerprint density at radius 2 is 2.15 bits per heavy atom. The normalized spacial score (nSPS) is 12.6. The number of H-pyrrole nitrogens is 1. The highest BCUT2D eigenvalue weighted by atomic mass is 16.5. The van der Waals surface area contributed by atoms with E-state index in [1.807, 2.05) is 13.8 Å². The van der Waals surface area contributed by atoms with Gasteiger partial charge in [-0.1, -0.05) is 13.8 Å². The summed E-state index contributed by atoms with van der Waals surface area (Å²) in [5, 5.41) is 3.04. The third-order valence-electron chi connectivity index (χ3n) is 3.02. The molecule has 2 rings (SSSR count). The van der Waals surface area contributed by atoms with E-state index in [2.05, 4.69) is 10.3 Å². The minimum absolute atomic E-state index is 0.0148. The number of aromatic amines is 1. The zero-order valence-electron chi connectivity index (χ0n) is 11.5. The van der Waals surface area contributed by atoms with E-state index in [-0.39, 0.29) is 11.9 Å². The van der Waals surface area contributed by atoms with Crippen molar-refractivity contribution in [2.75, 3.05) is 18.2 Å². The number of carbonyl (C=O) groups is 1. The molecule has 1 heterocycles. The molecule has 1 unspecified atom stereocenters. The SMILES string of the molecule is COC(=O)C(Nc1cc2[nH]c(=O)oc2cc1N)C(C)C. The average Bonchev–Trinajstić information content (AvgIpc) is 2.73. The number of hydrogen-bond acceptors (Lipinski definition) is 6. The molecule has 4 N–H and O–H groups in total. The number of nitrogens with two attached hydrogens (primary N) is 1. The van der Waals surface area contributed by atoms with Crippen molar-refractivity contribution in [1.82, 2.24) is 4.98 Å². The monoisotopic (exact) mass is 279 g/mol. The minimum atomic E-state index is -0.551. The number of benzene rings is 1. The van der Waals surface area contributed by atoms with Gasteiger partial charge in [-0.3, -0.25) is 4.98 Å². The zero-order valence-corrected chi connectivity index (χ0v) is 11.5. The van der Waals surface area contributed by atoms with E-state index in [1.54, 1.807) is 6.07 Å². The van der Waals surface area contributed by atoms with Crippen LogP contribution in [-0.2, 0) is 9.53 Å². The lowest BCUT2D eigenvalue weighted by Gasteiger charge is -2.21. The lowest BCUT2D eigenvalue weighted by atomic mass is 10.0. The molecule has 108 valence electrons. The largest absolute Gasteiger partial charge is 0.467 e. The van der Waals surface area contributed by atoms with E-state index >= 15 is 0 Å². The lowest BCUT2D eigenvalue weighted by molar-refractivity contribution is -0.142. The number of hydrogen-bond donors (Lipinski definition) is 3. The molecule has 1 aromatic carbocycles. The van der Waals surface area contributed by atoms with Crippen LogP contribution < -0.4 is 16.8 Å². The number of carbonyl (C=O) groups excluding carboxylic acids is 1. The van der Waals surface area contributed by atoms with Crippen molar-refractivity contribution in [3.8, 4) is 0 Å². The fraction of sp³-hybridized carbons (Fsp3) is 0.385. The first-order valence-electron chi connectivity index (χ1n) is 6.19. The molecule has 0 saturated carbocycles. The van der Waals surface area contributed by atoms with Gasteiger partial charge in [0, 0.05) is 6.07 Å². The van der Waals surface area contributed by atoms with E-state index in [0.717, 1.165) is 0 Å². The van der Waals surface area contributed by atoms with Crippen molar-refractivity contribution in [3.63, 3.8) is 0 Å². The maximum absolute atomic E-state index is 11.7. The Bertz CT molecular complexity index is 686. The van der Waals surface area contributed by atoms with Gasteiger partial charge in [-0.25, -0.2) is 9.59 Å². The molecule has 0 fully saturated rings. The van der Waals surface area contributed by atoms with Crippen LogP contribution in [0.25, 0.3) is 11.1 Å². The van der Waals surface area contributed by atoms with E-state index in [1.165, 1.54) is 13.2 Å². The van der Waals surface area contributed by atoms with Crippen molar-refractivity contribution >= 4 is 28.4 Å². The third kappa shape index (κ3) is 2.61. The number of nitrogens with one attached hydrogen (secondary N) is 2. The number of esters is 1. The molecule has 2 aromatic rings. The van der Waals surface area contributed by atoms with Gasteiger partial charge in [0.15, 0.2) is 5.58 Å². The molecule has 0 saturated heterocycles. The Morgan fingerprint density at radius 1 is 1.45 bits per heavy atom. The highest BCUT2D eigenvalue weighted by Gasteiger charge is 2.23. The van der Waals surface area contributed by atoms with E-state index in [9.17, 15) is 9.59 Å². The number of oxazole rings is 1. The van der Waals surface area contributed by atoms with E-state index in [0.29, 0.717) is 22.5 Å². The molecule has 0 aliphatic carbocycles. The van der Waals surface area contributed by atoms with Gasteiger partial charge in [0.2, 0.25) is 0 Å². The molecular weight excluding hydrogens is 262 g/mol.